The second-order valence-electron chi connectivity index (χ2n) is 2.56. The molecule has 1 rings (SSSR count). The van der Waals surface area contributed by atoms with Crippen LogP contribution >= 0.6 is 0 Å². The summed E-state index contributed by atoms with van der Waals surface area (Å²) in [5, 5.41) is 18.8. The minimum atomic E-state index is -1.68. The summed E-state index contributed by atoms with van der Waals surface area (Å²) in [7, 11) is 0. The Morgan fingerprint density at radius 2 is 2.13 bits per heavy atom. The number of hydrogen-bond donors (Lipinski definition) is 2. The monoisotopic (exact) mass is 208 g/mol. The molecule has 76 valence electrons. The number of rotatable bonds is 1. The van der Waals surface area contributed by atoms with Crippen molar-refractivity contribution in [1.82, 2.24) is 0 Å². The molecule has 0 aromatic heterocycles. The van der Waals surface area contributed by atoms with Crippen LogP contribution in [0.15, 0.2) is 18.2 Å². The first-order valence-electron chi connectivity index (χ1n) is 3.78. The fourth-order valence-electron chi connectivity index (χ4n) is 0.894. The van der Waals surface area contributed by atoms with E-state index in [0.29, 0.717) is 0 Å². The van der Waals surface area contributed by atoms with Gasteiger partial charge < -0.3 is 10.4 Å². The van der Waals surface area contributed by atoms with Crippen molar-refractivity contribution in [2.75, 3.05) is 5.32 Å². The Morgan fingerprint density at radius 1 is 1.47 bits per heavy atom. The Labute approximate surface area is 83.8 Å². The summed E-state index contributed by atoms with van der Waals surface area (Å²) >= 11 is 0. The van der Waals surface area contributed by atoms with Crippen LogP contribution in [0.3, 0.4) is 0 Å². The topological polar surface area (TPSA) is 90.2 Å². The first-order valence-corrected chi connectivity index (χ1v) is 3.78. The molecule has 0 saturated heterocycles. The van der Waals surface area contributed by atoms with E-state index in [-0.39, 0.29) is 11.3 Å². The molecule has 0 aliphatic heterocycles. The molecule has 6 heteroatoms. The zero-order chi connectivity index (χ0) is 11.4. The molecule has 0 atom stereocenters. The van der Waals surface area contributed by atoms with Gasteiger partial charge in [-0.25, -0.2) is 9.18 Å². The third kappa shape index (κ3) is 2.51. The van der Waals surface area contributed by atoms with Crippen LogP contribution in [0.2, 0.25) is 0 Å². The number of nitrogens with zero attached hydrogens (tertiary/aromatic N) is 1. The third-order valence-electron chi connectivity index (χ3n) is 1.54. The van der Waals surface area contributed by atoms with Crippen LogP contribution < -0.4 is 5.32 Å². The molecule has 0 spiro atoms. The minimum Gasteiger partial charge on any atom is -0.474 e. The normalized spacial score (nSPS) is 9.07. The van der Waals surface area contributed by atoms with Gasteiger partial charge in [-0.3, -0.25) is 4.79 Å². The van der Waals surface area contributed by atoms with E-state index in [9.17, 15) is 14.0 Å². The van der Waals surface area contributed by atoms with E-state index in [1.54, 1.807) is 6.07 Å². The summed E-state index contributed by atoms with van der Waals surface area (Å²) in [5.41, 5.74) is -0.170. The lowest BCUT2D eigenvalue weighted by atomic mass is 10.2. The predicted molar refractivity (Wildman–Crippen MR) is 47.4 cm³/mol. The Balaban J connectivity index is 3.01. The highest BCUT2D eigenvalue weighted by molar-refractivity contribution is 6.36. The molecule has 1 aromatic carbocycles. The number of carbonyl (C=O) groups is 2. The van der Waals surface area contributed by atoms with E-state index < -0.39 is 17.7 Å². The molecule has 5 nitrogen and oxygen atoms in total. The van der Waals surface area contributed by atoms with Gasteiger partial charge >= 0.3 is 11.9 Å². The maximum Gasteiger partial charge on any atom is 0.394 e. The molecule has 0 radical (unpaired) electrons. The number of anilines is 1. The van der Waals surface area contributed by atoms with Gasteiger partial charge in [0.1, 0.15) is 11.9 Å². The van der Waals surface area contributed by atoms with E-state index in [4.69, 9.17) is 10.4 Å². The second-order valence-corrected chi connectivity index (χ2v) is 2.56. The van der Waals surface area contributed by atoms with Gasteiger partial charge in [0.25, 0.3) is 0 Å². The highest BCUT2D eigenvalue weighted by Crippen LogP contribution is 2.15. The van der Waals surface area contributed by atoms with Crippen molar-refractivity contribution < 1.29 is 19.1 Å². The van der Waals surface area contributed by atoms with Crippen molar-refractivity contribution in [2.24, 2.45) is 0 Å². The average Bonchev–Trinajstić information content (AvgIpc) is 2.20. The van der Waals surface area contributed by atoms with E-state index in [1.165, 1.54) is 0 Å². The molecule has 0 bridgehead atoms. The Bertz CT molecular complexity index is 465. The number of nitriles is 1. The van der Waals surface area contributed by atoms with Crippen LogP contribution in [0.4, 0.5) is 10.1 Å². The molecule has 0 heterocycles. The maximum atomic E-state index is 12.7. The van der Waals surface area contributed by atoms with Gasteiger partial charge in [0, 0.05) is 0 Å². The third-order valence-corrected chi connectivity index (χ3v) is 1.54. The van der Waals surface area contributed by atoms with Crippen LogP contribution in [-0.4, -0.2) is 17.0 Å². The molecular weight excluding hydrogens is 203 g/mol. The number of aliphatic carboxylic acids is 1. The van der Waals surface area contributed by atoms with Gasteiger partial charge in [-0.1, -0.05) is 0 Å². The van der Waals surface area contributed by atoms with Crippen molar-refractivity contribution in [3.05, 3.63) is 29.6 Å². The van der Waals surface area contributed by atoms with Crippen LogP contribution in [0.5, 0.6) is 0 Å². The fraction of sp³-hybridized carbons (Fsp3) is 0. The zero-order valence-electron chi connectivity index (χ0n) is 7.32. The van der Waals surface area contributed by atoms with Crippen LogP contribution in [0.25, 0.3) is 0 Å². The maximum absolute atomic E-state index is 12.7. The molecular formula is C9H5FN2O3. The summed E-state index contributed by atoms with van der Waals surface area (Å²) in [6, 6.07) is 4.67. The molecule has 1 aromatic rings. The quantitative estimate of drug-likeness (QED) is 0.665. The smallest absolute Gasteiger partial charge is 0.394 e. The SMILES string of the molecule is N#Cc1cc(F)ccc1NC(=O)C(=O)O. The first kappa shape index (κ1) is 10.7. The summed E-state index contributed by atoms with van der Waals surface area (Å²) in [4.78, 5) is 21.0. The van der Waals surface area contributed by atoms with Gasteiger partial charge in [-0.15, -0.1) is 0 Å². The highest BCUT2D eigenvalue weighted by atomic mass is 19.1. The van der Waals surface area contributed by atoms with E-state index in [1.807, 2.05) is 5.32 Å². The number of halogens is 1. The van der Waals surface area contributed by atoms with Crippen molar-refractivity contribution >= 4 is 17.6 Å². The van der Waals surface area contributed by atoms with Crippen LogP contribution in [0.1, 0.15) is 5.56 Å². The Hall–Kier alpha value is -2.42. The minimum absolute atomic E-state index is 0.0358. The molecule has 0 aliphatic rings. The Morgan fingerprint density at radius 3 is 2.67 bits per heavy atom. The average molecular weight is 208 g/mol. The van der Waals surface area contributed by atoms with Crippen molar-refractivity contribution in [2.45, 2.75) is 0 Å². The molecule has 0 fully saturated rings. The van der Waals surface area contributed by atoms with Crippen molar-refractivity contribution in [3.8, 4) is 6.07 Å². The first-order chi connectivity index (χ1) is 7.04. The molecule has 2 N–H and O–H groups in total. The molecule has 15 heavy (non-hydrogen) atoms. The van der Waals surface area contributed by atoms with Gasteiger partial charge in [-0.05, 0) is 18.2 Å². The number of benzene rings is 1. The fourth-order valence-corrected chi connectivity index (χ4v) is 0.894. The van der Waals surface area contributed by atoms with Gasteiger partial charge in [0.05, 0.1) is 11.3 Å². The zero-order valence-corrected chi connectivity index (χ0v) is 7.32. The van der Waals surface area contributed by atoms with E-state index in [2.05, 4.69) is 0 Å². The highest BCUT2D eigenvalue weighted by Gasteiger charge is 2.13. The van der Waals surface area contributed by atoms with Gasteiger partial charge in [0.2, 0.25) is 0 Å². The standard InChI is InChI=1S/C9H5FN2O3/c10-6-1-2-7(5(3-6)4-11)12-8(13)9(14)15/h1-3H,(H,12,13)(H,14,15). The van der Waals surface area contributed by atoms with E-state index >= 15 is 0 Å². The molecule has 0 aliphatic carbocycles. The Kier molecular flexibility index (Phi) is 2.98. The largest absolute Gasteiger partial charge is 0.474 e. The van der Waals surface area contributed by atoms with Crippen LogP contribution in [-0.2, 0) is 9.59 Å². The number of carboxylic acid groups (broad SMARTS) is 1. The van der Waals surface area contributed by atoms with E-state index in [0.717, 1.165) is 18.2 Å². The van der Waals surface area contributed by atoms with Crippen LogP contribution in [0, 0.1) is 17.1 Å². The lowest BCUT2D eigenvalue weighted by Crippen LogP contribution is -2.22. The summed E-state index contributed by atoms with van der Waals surface area (Å²) in [6.45, 7) is 0. The second kappa shape index (κ2) is 4.19. The number of nitrogens with one attached hydrogen (secondary N) is 1. The number of amides is 1. The summed E-state index contributed by atoms with van der Waals surface area (Å²) in [6.07, 6.45) is 0. The van der Waals surface area contributed by atoms with Gasteiger partial charge in [-0.2, -0.15) is 5.26 Å². The summed E-state index contributed by atoms with van der Waals surface area (Å²) in [5.74, 6) is -3.60. The molecule has 0 saturated carbocycles. The number of hydrogen-bond acceptors (Lipinski definition) is 3. The van der Waals surface area contributed by atoms with Gasteiger partial charge in [0.15, 0.2) is 0 Å². The number of carboxylic acids is 1. The lowest BCUT2D eigenvalue weighted by Gasteiger charge is -2.03. The predicted octanol–water partition coefficient (Wildman–Crippen LogP) is 0.720. The molecule has 1 amide bonds. The van der Waals surface area contributed by atoms with Crippen molar-refractivity contribution in [1.29, 1.82) is 5.26 Å². The number of carbonyl (C=O) groups excluding carboxylic acids is 1. The molecule has 0 unspecified atom stereocenters. The summed E-state index contributed by atoms with van der Waals surface area (Å²) < 4.78 is 12.7. The van der Waals surface area contributed by atoms with Crippen molar-refractivity contribution in [3.63, 3.8) is 0 Å². The lowest BCUT2D eigenvalue weighted by molar-refractivity contribution is -0.147.